The van der Waals surface area contributed by atoms with Crippen LogP contribution in [0.1, 0.15) is 26.4 Å². The van der Waals surface area contributed by atoms with Crippen LogP contribution in [0, 0.1) is 19.7 Å². The van der Waals surface area contributed by atoms with Gasteiger partial charge in [-0.25, -0.2) is 9.18 Å². The van der Waals surface area contributed by atoms with Gasteiger partial charge in [0, 0.05) is 37.6 Å². The fraction of sp³-hybridized carbons (Fsp3) is 0.429. The number of anilines is 1. The van der Waals surface area contributed by atoms with Gasteiger partial charge in [0.2, 0.25) is 5.91 Å². The lowest BCUT2D eigenvalue weighted by Crippen LogP contribution is -2.48. The van der Waals surface area contributed by atoms with Gasteiger partial charge in [0.25, 0.3) is 0 Å². The van der Waals surface area contributed by atoms with Crippen molar-refractivity contribution in [2.24, 2.45) is 0 Å². The first kappa shape index (κ1) is 22.7. The van der Waals surface area contributed by atoms with Gasteiger partial charge < -0.3 is 10.1 Å². The van der Waals surface area contributed by atoms with Gasteiger partial charge in [0.1, 0.15) is 10.8 Å². The van der Waals surface area contributed by atoms with Crippen molar-refractivity contribution in [2.45, 2.75) is 20.4 Å². The van der Waals surface area contributed by atoms with Crippen molar-refractivity contribution in [1.82, 2.24) is 9.80 Å². The van der Waals surface area contributed by atoms with Crippen LogP contribution >= 0.6 is 22.9 Å². The van der Waals surface area contributed by atoms with E-state index in [-0.39, 0.29) is 17.5 Å². The molecule has 2 aromatic rings. The molecule has 1 fully saturated rings. The summed E-state index contributed by atoms with van der Waals surface area (Å²) in [5.74, 6) is -1.01. The highest BCUT2D eigenvalue weighted by Gasteiger charge is 2.23. The molecule has 0 radical (unpaired) electrons. The summed E-state index contributed by atoms with van der Waals surface area (Å²) >= 11 is 7.24. The molecule has 9 heteroatoms. The van der Waals surface area contributed by atoms with Crippen molar-refractivity contribution >= 4 is 39.8 Å². The van der Waals surface area contributed by atoms with E-state index in [1.54, 1.807) is 12.1 Å². The van der Waals surface area contributed by atoms with Crippen molar-refractivity contribution in [3.8, 4) is 0 Å². The summed E-state index contributed by atoms with van der Waals surface area (Å²) in [5, 5.41) is 3.54. The fourth-order valence-electron chi connectivity index (χ4n) is 3.43. The van der Waals surface area contributed by atoms with E-state index in [0.29, 0.717) is 17.1 Å². The first-order chi connectivity index (χ1) is 14.3. The van der Waals surface area contributed by atoms with Crippen molar-refractivity contribution in [2.75, 3.05) is 45.2 Å². The van der Waals surface area contributed by atoms with Gasteiger partial charge in [-0.3, -0.25) is 14.6 Å². The van der Waals surface area contributed by atoms with E-state index in [1.807, 2.05) is 13.8 Å². The highest BCUT2D eigenvalue weighted by Crippen LogP contribution is 2.32. The van der Waals surface area contributed by atoms with Crippen LogP contribution in [0.5, 0.6) is 0 Å². The third kappa shape index (κ3) is 5.37. The van der Waals surface area contributed by atoms with Crippen molar-refractivity contribution < 1.29 is 18.7 Å². The SMILES string of the molecule is COC(=O)c1c(NC(=O)CN2CCN(Cc3ccc(F)c(Cl)c3)CC2)sc(C)c1C. The van der Waals surface area contributed by atoms with Crippen molar-refractivity contribution in [3.63, 3.8) is 0 Å². The topological polar surface area (TPSA) is 61.9 Å². The van der Waals surface area contributed by atoms with E-state index in [0.717, 1.165) is 42.2 Å². The van der Waals surface area contributed by atoms with E-state index >= 15 is 0 Å². The molecule has 162 valence electrons. The molecule has 1 amide bonds. The quantitative estimate of drug-likeness (QED) is 0.676. The molecular weight excluding hydrogens is 429 g/mol. The Morgan fingerprint density at radius 1 is 1.20 bits per heavy atom. The third-order valence-corrected chi connectivity index (χ3v) is 6.66. The Labute approximate surface area is 184 Å². The number of methoxy groups -OCH3 is 1. The average Bonchev–Trinajstić information content (AvgIpc) is 2.99. The lowest BCUT2D eigenvalue weighted by atomic mass is 10.1. The molecule has 6 nitrogen and oxygen atoms in total. The minimum atomic E-state index is -0.443. The van der Waals surface area contributed by atoms with E-state index in [4.69, 9.17) is 16.3 Å². The molecule has 1 N–H and O–H groups in total. The van der Waals surface area contributed by atoms with Crippen molar-refractivity contribution in [3.05, 3.63) is 50.6 Å². The Kier molecular flexibility index (Phi) is 7.46. The molecule has 1 saturated heterocycles. The Bertz CT molecular complexity index is 942. The van der Waals surface area contributed by atoms with Gasteiger partial charge in [-0.05, 0) is 37.1 Å². The zero-order valence-corrected chi connectivity index (χ0v) is 18.8. The van der Waals surface area contributed by atoms with Crippen LogP contribution in [-0.2, 0) is 16.1 Å². The van der Waals surface area contributed by atoms with Gasteiger partial charge in [0.05, 0.1) is 24.2 Å². The number of hydrogen-bond donors (Lipinski definition) is 1. The minimum absolute atomic E-state index is 0.133. The van der Waals surface area contributed by atoms with E-state index in [2.05, 4.69) is 15.1 Å². The summed E-state index contributed by atoms with van der Waals surface area (Å²) in [5.41, 5.74) is 2.22. The molecule has 2 heterocycles. The summed E-state index contributed by atoms with van der Waals surface area (Å²) in [7, 11) is 1.33. The summed E-state index contributed by atoms with van der Waals surface area (Å²) in [6, 6.07) is 4.78. The minimum Gasteiger partial charge on any atom is -0.465 e. The largest absolute Gasteiger partial charge is 0.465 e. The zero-order chi connectivity index (χ0) is 21.8. The predicted octanol–water partition coefficient (Wildman–Crippen LogP) is 3.70. The molecule has 0 atom stereocenters. The highest BCUT2D eigenvalue weighted by atomic mass is 35.5. The third-order valence-electron chi connectivity index (χ3n) is 5.25. The van der Waals surface area contributed by atoms with Crippen LogP contribution in [0.25, 0.3) is 0 Å². The van der Waals surface area contributed by atoms with E-state index < -0.39 is 11.8 Å². The molecular formula is C21H25ClFN3O3S. The number of nitrogens with zero attached hydrogens (tertiary/aromatic N) is 2. The number of benzene rings is 1. The van der Waals surface area contributed by atoms with Gasteiger partial charge in [-0.15, -0.1) is 11.3 Å². The molecule has 1 aliphatic rings. The van der Waals surface area contributed by atoms with Gasteiger partial charge in [-0.1, -0.05) is 17.7 Å². The maximum Gasteiger partial charge on any atom is 0.341 e. The predicted molar refractivity (Wildman–Crippen MR) is 117 cm³/mol. The average molecular weight is 454 g/mol. The second kappa shape index (κ2) is 9.87. The molecule has 0 aliphatic carbocycles. The van der Waals surface area contributed by atoms with Crippen LogP contribution in [0.2, 0.25) is 5.02 Å². The molecule has 0 spiro atoms. The number of esters is 1. The molecule has 30 heavy (non-hydrogen) atoms. The number of carbonyl (C=O) groups is 2. The molecule has 1 aromatic carbocycles. The Hall–Kier alpha value is -2.00. The number of rotatable bonds is 6. The van der Waals surface area contributed by atoms with E-state index in [1.165, 1.54) is 24.5 Å². The number of nitrogens with one attached hydrogen (secondary N) is 1. The number of aryl methyl sites for hydroxylation is 1. The lowest BCUT2D eigenvalue weighted by molar-refractivity contribution is -0.117. The number of carbonyl (C=O) groups excluding carboxylic acids is 2. The number of hydrogen-bond acceptors (Lipinski definition) is 6. The molecule has 0 bridgehead atoms. The normalized spacial score (nSPS) is 15.2. The molecule has 0 unspecified atom stereocenters. The molecule has 1 aliphatic heterocycles. The number of piperazine rings is 1. The highest BCUT2D eigenvalue weighted by molar-refractivity contribution is 7.16. The second-order valence-electron chi connectivity index (χ2n) is 7.33. The number of ether oxygens (including phenoxy) is 1. The monoisotopic (exact) mass is 453 g/mol. The van der Waals surface area contributed by atoms with Gasteiger partial charge in [-0.2, -0.15) is 0 Å². The van der Waals surface area contributed by atoms with Crippen LogP contribution in [0.3, 0.4) is 0 Å². The smallest absolute Gasteiger partial charge is 0.341 e. The maximum atomic E-state index is 13.3. The van der Waals surface area contributed by atoms with Crippen LogP contribution in [0.4, 0.5) is 9.39 Å². The first-order valence-corrected chi connectivity index (χ1v) is 10.8. The maximum absolute atomic E-state index is 13.3. The fourth-order valence-corrected chi connectivity index (χ4v) is 4.70. The summed E-state index contributed by atoms with van der Waals surface area (Å²) in [6.07, 6.45) is 0. The lowest BCUT2D eigenvalue weighted by Gasteiger charge is -2.34. The molecule has 1 aromatic heterocycles. The summed E-state index contributed by atoms with van der Waals surface area (Å²) in [6.45, 7) is 7.79. The van der Waals surface area contributed by atoms with Crippen LogP contribution in [0.15, 0.2) is 18.2 Å². The second-order valence-corrected chi connectivity index (χ2v) is 8.96. The van der Waals surface area contributed by atoms with Crippen LogP contribution in [-0.4, -0.2) is 61.5 Å². The summed E-state index contributed by atoms with van der Waals surface area (Å²) < 4.78 is 18.2. The molecule has 0 saturated carbocycles. The Morgan fingerprint density at radius 2 is 1.87 bits per heavy atom. The standard InChI is InChI=1S/C21H25ClFN3O3S/c1-13-14(2)30-20(19(13)21(28)29-3)24-18(27)12-26-8-6-25(7-9-26)11-15-4-5-17(23)16(22)10-15/h4-5,10H,6-9,11-12H2,1-3H3,(H,24,27). The zero-order valence-electron chi connectivity index (χ0n) is 17.3. The van der Waals surface area contributed by atoms with Crippen LogP contribution < -0.4 is 5.32 Å². The molecule has 3 rings (SSSR count). The van der Waals surface area contributed by atoms with Gasteiger partial charge >= 0.3 is 5.97 Å². The Morgan fingerprint density at radius 3 is 2.50 bits per heavy atom. The van der Waals surface area contributed by atoms with Crippen molar-refractivity contribution in [1.29, 1.82) is 0 Å². The first-order valence-electron chi connectivity index (χ1n) is 9.65. The summed E-state index contributed by atoms with van der Waals surface area (Å²) in [4.78, 5) is 29.9. The van der Waals surface area contributed by atoms with E-state index in [9.17, 15) is 14.0 Å². The number of halogens is 2. The number of amides is 1. The Balaban J connectivity index is 1.51. The van der Waals surface area contributed by atoms with Gasteiger partial charge in [0.15, 0.2) is 0 Å². The number of thiophene rings is 1.